The summed E-state index contributed by atoms with van der Waals surface area (Å²) in [4.78, 5) is 56.6. The number of nitrogens with zero attached hydrogens (tertiary/aromatic N) is 5. The number of aryl methyl sites for hydroxylation is 1. The molecule has 3 aliphatic heterocycles. The Morgan fingerprint density at radius 1 is 0.938 bits per heavy atom. The molecule has 3 saturated heterocycles. The van der Waals surface area contributed by atoms with E-state index in [4.69, 9.17) is 4.74 Å². The molecule has 1 aromatic carbocycles. The first-order valence-electron chi connectivity index (χ1n) is 10.8. The number of rotatable bonds is 4. The molecule has 11 heteroatoms. The Morgan fingerprint density at radius 2 is 1.56 bits per heavy atom. The summed E-state index contributed by atoms with van der Waals surface area (Å²) in [6.45, 7) is 6.21. The molecule has 0 radical (unpaired) electrons. The smallest absolute Gasteiger partial charge is 0.409 e. The number of fused-ring (bicyclic) bond motifs is 1. The van der Waals surface area contributed by atoms with E-state index in [0.29, 0.717) is 45.9 Å². The van der Waals surface area contributed by atoms with Gasteiger partial charge in [0.1, 0.15) is 6.54 Å². The molecule has 1 aromatic rings. The molecule has 4 rings (SSSR count). The number of amides is 4. The first-order valence-corrected chi connectivity index (χ1v) is 10.8. The number of anilines is 1. The molecule has 0 spiro atoms. The minimum Gasteiger partial charge on any atom is -0.450 e. The van der Waals surface area contributed by atoms with Gasteiger partial charge in [-0.3, -0.25) is 24.3 Å². The molecule has 1 unspecified atom stereocenters. The van der Waals surface area contributed by atoms with Crippen LogP contribution >= 0.6 is 0 Å². The molecule has 172 valence electrons. The van der Waals surface area contributed by atoms with Gasteiger partial charge in [-0.2, -0.15) is 5.43 Å². The molecular formula is C21H28N6O5. The lowest BCUT2D eigenvalue weighted by Gasteiger charge is -2.41. The van der Waals surface area contributed by atoms with Crippen LogP contribution in [-0.4, -0.2) is 102 Å². The largest absolute Gasteiger partial charge is 0.450 e. The zero-order valence-corrected chi connectivity index (χ0v) is 18.3. The van der Waals surface area contributed by atoms with Gasteiger partial charge in [-0.25, -0.2) is 4.79 Å². The summed E-state index contributed by atoms with van der Waals surface area (Å²) < 4.78 is 4.99. The summed E-state index contributed by atoms with van der Waals surface area (Å²) in [5.74, 6) is -1.65. The van der Waals surface area contributed by atoms with Crippen LogP contribution in [0.15, 0.2) is 24.3 Å². The number of hydrogen-bond acceptors (Lipinski definition) is 7. The van der Waals surface area contributed by atoms with Crippen molar-refractivity contribution in [2.75, 3.05) is 57.3 Å². The number of benzene rings is 1. The predicted octanol–water partition coefficient (Wildman–Crippen LogP) is -0.425. The molecule has 0 aliphatic carbocycles. The van der Waals surface area contributed by atoms with Crippen LogP contribution in [0.2, 0.25) is 0 Å². The van der Waals surface area contributed by atoms with E-state index in [2.05, 4.69) is 5.43 Å². The SMILES string of the molecule is CCOC(=O)N1CCN(C(=O)CN2NC3N(CCN3c3ccc(C)cc3)C(=O)C2=O)CC1. The van der Waals surface area contributed by atoms with E-state index in [0.717, 1.165) is 16.3 Å². The fourth-order valence-electron chi connectivity index (χ4n) is 4.13. The van der Waals surface area contributed by atoms with E-state index in [1.807, 2.05) is 36.1 Å². The Bertz CT molecular complexity index is 898. The van der Waals surface area contributed by atoms with E-state index in [9.17, 15) is 19.2 Å². The Kier molecular flexibility index (Phi) is 6.17. The molecule has 32 heavy (non-hydrogen) atoms. The van der Waals surface area contributed by atoms with Gasteiger partial charge < -0.3 is 19.4 Å². The fourth-order valence-corrected chi connectivity index (χ4v) is 4.13. The first-order chi connectivity index (χ1) is 15.4. The van der Waals surface area contributed by atoms with Gasteiger partial charge in [0.2, 0.25) is 5.91 Å². The van der Waals surface area contributed by atoms with Gasteiger partial charge in [-0.15, -0.1) is 0 Å². The van der Waals surface area contributed by atoms with E-state index < -0.39 is 24.2 Å². The third-order valence-electron chi connectivity index (χ3n) is 5.95. The Labute approximate surface area is 186 Å². The number of carbonyl (C=O) groups is 4. The van der Waals surface area contributed by atoms with Crippen molar-refractivity contribution in [2.24, 2.45) is 0 Å². The van der Waals surface area contributed by atoms with Gasteiger partial charge in [-0.05, 0) is 26.0 Å². The van der Waals surface area contributed by atoms with Gasteiger partial charge in [0.25, 0.3) is 0 Å². The first kappa shape index (κ1) is 21.9. The second-order valence-corrected chi connectivity index (χ2v) is 7.99. The van der Waals surface area contributed by atoms with Crippen LogP contribution < -0.4 is 10.3 Å². The second-order valence-electron chi connectivity index (χ2n) is 7.99. The summed E-state index contributed by atoms with van der Waals surface area (Å²) in [6, 6.07) is 7.93. The highest BCUT2D eigenvalue weighted by atomic mass is 16.6. The Morgan fingerprint density at radius 3 is 2.22 bits per heavy atom. The lowest BCUT2D eigenvalue weighted by molar-refractivity contribution is -0.164. The molecule has 11 nitrogen and oxygen atoms in total. The number of nitrogens with one attached hydrogen (secondary N) is 1. The minimum atomic E-state index is -0.745. The summed E-state index contributed by atoms with van der Waals surface area (Å²) in [5, 5.41) is 1.11. The molecule has 0 bridgehead atoms. The van der Waals surface area contributed by atoms with Crippen molar-refractivity contribution in [3.63, 3.8) is 0 Å². The lowest BCUT2D eigenvalue weighted by Crippen LogP contribution is -2.69. The van der Waals surface area contributed by atoms with Crippen LogP contribution in [0.1, 0.15) is 12.5 Å². The van der Waals surface area contributed by atoms with Crippen molar-refractivity contribution < 1.29 is 23.9 Å². The molecule has 4 amide bonds. The standard InChI is InChI=1S/C21H28N6O5/c1-3-32-21(31)24-10-8-23(9-11-24)17(28)14-27-19(30)18(29)26-13-12-25(20(26)22-27)16-6-4-15(2)5-7-16/h4-7,20,22H,3,8-14H2,1-2H3. The van der Waals surface area contributed by atoms with Gasteiger partial charge in [0, 0.05) is 45.0 Å². The zero-order valence-electron chi connectivity index (χ0n) is 18.3. The van der Waals surface area contributed by atoms with Crippen LogP contribution in [0, 0.1) is 6.92 Å². The van der Waals surface area contributed by atoms with E-state index in [-0.39, 0.29) is 12.5 Å². The lowest BCUT2D eigenvalue weighted by atomic mass is 10.2. The minimum absolute atomic E-state index is 0.254. The van der Waals surface area contributed by atoms with Crippen molar-refractivity contribution in [1.82, 2.24) is 25.1 Å². The summed E-state index contributed by atoms with van der Waals surface area (Å²) in [7, 11) is 0. The average Bonchev–Trinajstić information content (AvgIpc) is 3.22. The second kappa shape index (κ2) is 9.03. The van der Waals surface area contributed by atoms with Gasteiger partial charge in [0.15, 0.2) is 6.29 Å². The third-order valence-corrected chi connectivity index (χ3v) is 5.95. The van der Waals surface area contributed by atoms with E-state index in [1.54, 1.807) is 16.7 Å². The normalized spacial score (nSPS) is 21.2. The average molecular weight is 444 g/mol. The highest BCUT2D eigenvalue weighted by Crippen LogP contribution is 2.25. The molecule has 1 N–H and O–H groups in total. The fraction of sp³-hybridized carbons (Fsp3) is 0.524. The molecule has 0 saturated carbocycles. The summed E-state index contributed by atoms with van der Waals surface area (Å²) >= 11 is 0. The summed E-state index contributed by atoms with van der Waals surface area (Å²) in [5.41, 5.74) is 5.11. The van der Waals surface area contributed by atoms with Crippen LogP contribution in [0.3, 0.4) is 0 Å². The number of piperazine rings is 1. The molecule has 0 aromatic heterocycles. The van der Waals surface area contributed by atoms with Crippen LogP contribution in [0.4, 0.5) is 10.5 Å². The quantitative estimate of drug-likeness (QED) is 0.629. The molecule has 3 aliphatic rings. The van der Waals surface area contributed by atoms with Crippen molar-refractivity contribution in [3.05, 3.63) is 29.8 Å². The van der Waals surface area contributed by atoms with Crippen LogP contribution in [0.25, 0.3) is 0 Å². The number of hydrogen-bond donors (Lipinski definition) is 1. The zero-order chi connectivity index (χ0) is 22.8. The van der Waals surface area contributed by atoms with E-state index >= 15 is 0 Å². The monoisotopic (exact) mass is 444 g/mol. The van der Waals surface area contributed by atoms with Crippen molar-refractivity contribution in [2.45, 2.75) is 20.1 Å². The van der Waals surface area contributed by atoms with Gasteiger partial charge in [-0.1, -0.05) is 17.7 Å². The highest BCUT2D eigenvalue weighted by molar-refractivity contribution is 6.35. The van der Waals surface area contributed by atoms with E-state index in [1.165, 1.54) is 4.90 Å². The Balaban J connectivity index is 1.39. The Hall–Kier alpha value is -3.34. The topological polar surface area (TPSA) is 106 Å². The number of carbonyl (C=O) groups excluding carboxylic acids is 4. The van der Waals surface area contributed by atoms with Crippen molar-refractivity contribution in [3.8, 4) is 0 Å². The summed E-state index contributed by atoms with van der Waals surface area (Å²) in [6.07, 6.45) is -0.924. The molecule has 1 atom stereocenters. The number of hydrazine groups is 1. The molecule has 3 fully saturated rings. The van der Waals surface area contributed by atoms with Gasteiger partial charge >= 0.3 is 17.9 Å². The maximum atomic E-state index is 12.8. The highest BCUT2D eigenvalue weighted by Gasteiger charge is 2.46. The maximum Gasteiger partial charge on any atom is 0.409 e. The van der Waals surface area contributed by atoms with Crippen LogP contribution in [0.5, 0.6) is 0 Å². The molecule has 3 heterocycles. The third kappa shape index (κ3) is 4.20. The van der Waals surface area contributed by atoms with Crippen molar-refractivity contribution in [1.29, 1.82) is 0 Å². The maximum absolute atomic E-state index is 12.8. The van der Waals surface area contributed by atoms with Crippen LogP contribution in [-0.2, 0) is 19.1 Å². The molecular weight excluding hydrogens is 416 g/mol. The predicted molar refractivity (Wildman–Crippen MR) is 114 cm³/mol. The van der Waals surface area contributed by atoms with Crippen molar-refractivity contribution >= 4 is 29.5 Å². The number of ether oxygens (including phenoxy) is 1. The van der Waals surface area contributed by atoms with Gasteiger partial charge in [0.05, 0.1) is 6.61 Å².